The molecule has 1 saturated heterocycles. The zero-order valence-corrected chi connectivity index (χ0v) is 15.7. The number of nitrogens with zero attached hydrogens (tertiary/aromatic N) is 5. The standard InChI is InChI=1S/C21H24N6O/c28-21(26-14-12-25(13-15-26)20-8-4-5-10-22-20)23-11-9-18-16-24-27(17-18)19-6-2-1-3-7-19/h1-8,10,16-17H,9,11-15H2,(H,23,28). The highest BCUT2D eigenvalue weighted by Crippen LogP contribution is 2.12. The van der Waals surface area contributed by atoms with Crippen LogP contribution in [0.5, 0.6) is 0 Å². The van der Waals surface area contributed by atoms with E-state index in [0.717, 1.165) is 36.6 Å². The quantitative estimate of drug-likeness (QED) is 0.742. The molecule has 2 amide bonds. The number of para-hydroxylation sites is 1. The van der Waals surface area contributed by atoms with Crippen LogP contribution in [0.2, 0.25) is 0 Å². The van der Waals surface area contributed by atoms with Crippen molar-refractivity contribution in [1.29, 1.82) is 0 Å². The van der Waals surface area contributed by atoms with E-state index >= 15 is 0 Å². The largest absolute Gasteiger partial charge is 0.353 e. The number of hydrogen-bond acceptors (Lipinski definition) is 4. The van der Waals surface area contributed by atoms with Gasteiger partial charge in [-0.25, -0.2) is 14.5 Å². The molecule has 1 aromatic carbocycles. The topological polar surface area (TPSA) is 66.3 Å². The minimum absolute atomic E-state index is 0.00359. The molecule has 0 bridgehead atoms. The molecule has 0 aliphatic carbocycles. The molecule has 0 saturated carbocycles. The van der Waals surface area contributed by atoms with Crippen LogP contribution < -0.4 is 10.2 Å². The lowest BCUT2D eigenvalue weighted by Gasteiger charge is -2.35. The predicted octanol–water partition coefficient (Wildman–Crippen LogP) is 2.34. The molecule has 0 spiro atoms. The van der Waals surface area contributed by atoms with E-state index in [9.17, 15) is 4.79 Å². The van der Waals surface area contributed by atoms with Crippen molar-refractivity contribution in [2.45, 2.75) is 6.42 Å². The number of rotatable bonds is 5. The Balaban J connectivity index is 1.22. The van der Waals surface area contributed by atoms with Gasteiger partial charge in [-0.2, -0.15) is 5.10 Å². The van der Waals surface area contributed by atoms with Crippen LogP contribution in [0.15, 0.2) is 67.1 Å². The van der Waals surface area contributed by atoms with Crippen molar-refractivity contribution in [2.24, 2.45) is 0 Å². The molecule has 1 fully saturated rings. The van der Waals surface area contributed by atoms with Crippen LogP contribution in [0.1, 0.15) is 5.56 Å². The van der Waals surface area contributed by atoms with Crippen molar-refractivity contribution in [3.8, 4) is 5.69 Å². The van der Waals surface area contributed by atoms with Crippen LogP contribution in [0.4, 0.5) is 10.6 Å². The van der Waals surface area contributed by atoms with Gasteiger partial charge >= 0.3 is 6.03 Å². The number of hydrogen-bond donors (Lipinski definition) is 1. The summed E-state index contributed by atoms with van der Waals surface area (Å²) in [5.74, 6) is 0.970. The zero-order chi connectivity index (χ0) is 19.2. The fourth-order valence-electron chi connectivity index (χ4n) is 3.32. The van der Waals surface area contributed by atoms with Gasteiger partial charge in [0.05, 0.1) is 11.9 Å². The first-order valence-electron chi connectivity index (χ1n) is 9.57. The van der Waals surface area contributed by atoms with Gasteiger partial charge in [0.25, 0.3) is 0 Å². The Kier molecular flexibility index (Phi) is 5.51. The van der Waals surface area contributed by atoms with Crippen molar-refractivity contribution < 1.29 is 4.79 Å². The Morgan fingerprint density at radius 1 is 1.00 bits per heavy atom. The Bertz CT molecular complexity index is 888. The van der Waals surface area contributed by atoms with Crippen LogP contribution in [0.3, 0.4) is 0 Å². The van der Waals surface area contributed by atoms with E-state index in [1.807, 2.05) is 70.5 Å². The smallest absolute Gasteiger partial charge is 0.317 e. The molecule has 3 aromatic rings. The van der Waals surface area contributed by atoms with Gasteiger partial charge in [-0.05, 0) is 36.2 Å². The summed E-state index contributed by atoms with van der Waals surface area (Å²) >= 11 is 0. The van der Waals surface area contributed by atoms with Crippen molar-refractivity contribution in [1.82, 2.24) is 25.0 Å². The van der Waals surface area contributed by atoms with Gasteiger partial charge in [0.1, 0.15) is 5.82 Å². The maximum Gasteiger partial charge on any atom is 0.317 e. The monoisotopic (exact) mass is 376 g/mol. The summed E-state index contributed by atoms with van der Waals surface area (Å²) in [6.07, 6.45) is 6.42. The number of urea groups is 1. The molecule has 0 atom stereocenters. The molecule has 7 nitrogen and oxygen atoms in total. The van der Waals surface area contributed by atoms with Crippen molar-refractivity contribution in [3.05, 3.63) is 72.7 Å². The van der Waals surface area contributed by atoms with Gasteiger partial charge in [0.15, 0.2) is 0 Å². The van der Waals surface area contributed by atoms with Gasteiger partial charge in [0.2, 0.25) is 0 Å². The number of aromatic nitrogens is 3. The summed E-state index contributed by atoms with van der Waals surface area (Å²) in [6.45, 7) is 3.60. The van der Waals surface area contributed by atoms with E-state index < -0.39 is 0 Å². The number of anilines is 1. The number of pyridine rings is 1. The Morgan fingerprint density at radius 2 is 1.79 bits per heavy atom. The second kappa shape index (κ2) is 8.56. The number of benzene rings is 1. The first kappa shape index (κ1) is 18.0. The third kappa shape index (κ3) is 4.31. The average molecular weight is 376 g/mol. The maximum atomic E-state index is 12.4. The summed E-state index contributed by atoms with van der Waals surface area (Å²) in [7, 11) is 0. The fraction of sp³-hybridized carbons (Fsp3) is 0.286. The lowest BCUT2D eigenvalue weighted by atomic mass is 10.2. The van der Waals surface area contributed by atoms with Crippen molar-refractivity contribution >= 4 is 11.8 Å². The van der Waals surface area contributed by atoms with Gasteiger partial charge < -0.3 is 15.1 Å². The molecule has 7 heteroatoms. The molecule has 0 unspecified atom stereocenters. The molecule has 4 rings (SSSR count). The minimum Gasteiger partial charge on any atom is -0.353 e. The molecular formula is C21H24N6O. The molecule has 3 heterocycles. The SMILES string of the molecule is O=C(NCCc1cnn(-c2ccccc2)c1)N1CCN(c2ccccn2)CC1. The minimum atomic E-state index is -0.00359. The van der Waals surface area contributed by atoms with Crippen LogP contribution in [-0.2, 0) is 6.42 Å². The molecule has 28 heavy (non-hydrogen) atoms. The Hall–Kier alpha value is -3.35. The van der Waals surface area contributed by atoms with E-state index in [0.29, 0.717) is 19.6 Å². The maximum absolute atomic E-state index is 12.4. The van der Waals surface area contributed by atoms with E-state index in [4.69, 9.17) is 0 Å². The Labute approximate surface area is 164 Å². The van der Waals surface area contributed by atoms with Crippen LogP contribution >= 0.6 is 0 Å². The van der Waals surface area contributed by atoms with Crippen molar-refractivity contribution in [3.63, 3.8) is 0 Å². The summed E-state index contributed by atoms with van der Waals surface area (Å²) in [5.41, 5.74) is 2.13. The second-order valence-corrected chi connectivity index (χ2v) is 6.77. The highest BCUT2D eigenvalue weighted by molar-refractivity contribution is 5.74. The molecule has 1 N–H and O–H groups in total. The lowest BCUT2D eigenvalue weighted by molar-refractivity contribution is 0.194. The Morgan fingerprint density at radius 3 is 2.54 bits per heavy atom. The summed E-state index contributed by atoms with van der Waals surface area (Å²) in [5, 5.41) is 7.41. The number of amides is 2. The first-order chi connectivity index (χ1) is 13.8. The van der Waals surface area contributed by atoms with E-state index in [2.05, 4.69) is 20.3 Å². The number of carbonyl (C=O) groups excluding carboxylic acids is 1. The summed E-state index contributed by atoms with van der Waals surface area (Å²) in [4.78, 5) is 20.9. The van der Waals surface area contributed by atoms with Gasteiger partial charge in [-0.3, -0.25) is 0 Å². The van der Waals surface area contributed by atoms with Crippen molar-refractivity contribution in [2.75, 3.05) is 37.6 Å². The average Bonchev–Trinajstić information content (AvgIpc) is 3.24. The zero-order valence-electron chi connectivity index (χ0n) is 15.7. The molecule has 1 aliphatic rings. The molecular weight excluding hydrogens is 352 g/mol. The highest BCUT2D eigenvalue weighted by Gasteiger charge is 2.21. The van der Waals surface area contributed by atoms with Crippen LogP contribution in [-0.4, -0.2) is 58.4 Å². The van der Waals surface area contributed by atoms with Crippen LogP contribution in [0, 0.1) is 0 Å². The number of nitrogens with one attached hydrogen (secondary N) is 1. The van der Waals surface area contributed by atoms with E-state index in [1.54, 1.807) is 6.20 Å². The molecule has 1 aliphatic heterocycles. The molecule has 144 valence electrons. The third-order valence-corrected chi connectivity index (χ3v) is 4.89. The molecule has 0 radical (unpaired) electrons. The highest BCUT2D eigenvalue weighted by atomic mass is 16.2. The molecule has 2 aromatic heterocycles. The fourth-order valence-corrected chi connectivity index (χ4v) is 3.32. The summed E-state index contributed by atoms with van der Waals surface area (Å²) < 4.78 is 1.86. The van der Waals surface area contributed by atoms with Crippen LogP contribution in [0.25, 0.3) is 5.69 Å². The third-order valence-electron chi connectivity index (χ3n) is 4.89. The van der Waals surface area contributed by atoms with Gasteiger partial charge in [-0.15, -0.1) is 0 Å². The number of carbonyl (C=O) groups is 1. The first-order valence-corrected chi connectivity index (χ1v) is 9.57. The normalized spacial score (nSPS) is 14.1. The number of piperazine rings is 1. The van der Waals surface area contributed by atoms with Gasteiger partial charge in [-0.1, -0.05) is 24.3 Å². The van der Waals surface area contributed by atoms with E-state index in [1.165, 1.54) is 0 Å². The van der Waals surface area contributed by atoms with E-state index in [-0.39, 0.29) is 6.03 Å². The lowest BCUT2D eigenvalue weighted by Crippen LogP contribution is -2.52. The predicted molar refractivity (Wildman–Crippen MR) is 109 cm³/mol. The second-order valence-electron chi connectivity index (χ2n) is 6.77. The summed E-state index contributed by atoms with van der Waals surface area (Å²) in [6, 6.07) is 15.9. The van der Waals surface area contributed by atoms with Gasteiger partial charge in [0, 0.05) is 45.1 Å².